The van der Waals surface area contributed by atoms with Crippen LogP contribution in [0.1, 0.15) is 34.7 Å². The average Bonchev–Trinajstić information content (AvgIpc) is 3.18. The highest BCUT2D eigenvalue weighted by molar-refractivity contribution is 7.89. The van der Waals surface area contributed by atoms with E-state index < -0.39 is 10.0 Å². The van der Waals surface area contributed by atoms with Crippen molar-refractivity contribution in [1.82, 2.24) is 20.1 Å². The molecule has 0 spiro atoms. The molecule has 0 aliphatic carbocycles. The van der Waals surface area contributed by atoms with E-state index in [9.17, 15) is 8.42 Å². The Morgan fingerprint density at radius 2 is 1.52 bits per heavy atom. The summed E-state index contributed by atoms with van der Waals surface area (Å²) in [5, 5.41) is 0. The molecule has 2 aromatic rings. The Labute approximate surface area is 173 Å². The van der Waals surface area contributed by atoms with Gasteiger partial charge in [0.15, 0.2) is 0 Å². The number of hydrogen-bond acceptors (Lipinski definition) is 5. The van der Waals surface area contributed by atoms with E-state index in [-0.39, 0.29) is 12.2 Å². The van der Waals surface area contributed by atoms with Gasteiger partial charge in [0.25, 0.3) is 0 Å². The van der Waals surface area contributed by atoms with Crippen LogP contribution in [0, 0.1) is 20.8 Å². The van der Waals surface area contributed by atoms with Crippen molar-refractivity contribution >= 4 is 10.0 Å². The molecule has 0 bridgehead atoms. The molecular formula is C22H30N4O2S. The van der Waals surface area contributed by atoms with Crippen LogP contribution in [0.15, 0.2) is 47.4 Å². The Bertz CT molecular complexity index is 947. The van der Waals surface area contributed by atoms with Crippen LogP contribution in [0.5, 0.6) is 0 Å². The van der Waals surface area contributed by atoms with Crippen molar-refractivity contribution < 1.29 is 8.42 Å². The van der Waals surface area contributed by atoms with Crippen LogP contribution in [0.3, 0.4) is 0 Å². The first-order valence-electron chi connectivity index (χ1n) is 10.2. The summed E-state index contributed by atoms with van der Waals surface area (Å²) in [5.41, 5.74) is 10.8. The molecule has 2 unspecified atom stereocenters. The number of aryl methyl sites for hydroxylation is 3. The maximum absolute atomic E-state index is 13.3. The first kappa shape index (κ1) is 20.5. The monoisotopic (exact) mass is 414 g/mol. The van der Waals surface area contributed by atoms with Crippen LogP contribution in [0.2, 0.25) is 0 Å². The Balaban J connectivity index is 1.41. The lowest BCUT2D eigenvalue weighted by molar-refractivity contribution is 0.123. The highest BCUT2D eigenvalue weighted by Gasteiger charge is 2.35. The third kappa shape index (κ3) is 4.11. The van der Waals surface area contributed by atoms with E-state index in [0.29, 0.717) is 18.0 Å². The number of rotatable bonds is 4. The van der Waals surface area contributed by atoms with Crippen LogP contribution in [0.25, 0.3) is 0 Å². The van der Waals surface area contributed by atoms with E-state index in [1.165, 1.54) is 5.56 Å². The van der Waals surface area contributed by atoms with Gasteiger partial charge in [-0.25, -0.2) is 19.3 Å². The first-order valence-corrected chi connectivity index (χ1v) is 11.7. The second-order valence-corrected chi connectivity index (χ2v) is 10.0. The van der Waals surface area contributed by atoms with Crippen LogP contribution in [-0.2, 0) is 10.0 Å². The van der Waals surface area contributed by atoms with Crippen molar-refractivity contribution in [2.75, 3.05) is 26.2 Å². The van der Waals surface area contributed by atoms with E-state index in [0.717, 1.165) is 36.2 Å². The molecule has 0 radical (unpaired) electrons. The Morgan fingerprint density at radius 3 is 2.14 bits per heavy atom. The Morgan fingerprint density at radius 1 is 0.897 bits per heavy atom. The van der Waals surface area contributed by atoms with Gasteiger partial charge in [0.2, 0.25) is 10.0 Å². The number of nitrogens with zero attached hydrogens (tertiary/aromatic N) is 2. The zero-order chi connectivity index (χ0) is 20.6. The Kier molecular flexibility index (Phi) is 5.77. The minimum Gasteiger partial charge on any atom is -0.284 e. The number of hydrazine groups is 1. The molecule has 2 aromatic carbocycles. The van der Waals surface area contributed by atoms with Crippen molar-refractivity contribution in [3.63, 3.8) is 0 Å². The van der Waals surface area contributed by atoms with Crippen molar-refractivity contribution in [3.05, 3.63) is 64.7 Å². The molecule has 6 nitrogen and oxygen atoms in total. The number of sulfonamides is 1. The minimum atomic E-state index is -3.47. The lowest BCUT2D eigenvalue weighted by Gasteiger charge is -2.37. The van der Waals surface area contributed by atoms with Gasteiger partial charge in [0, 0.05) is 32.2 Å². The summed E-state index contributed by atoms with van der Waals surface area (Å²) >= 11 is 0. The van der Waals surface area contributed by atoms with E-state index in [2.05, 4.69) is 40.0 Å². The van der Waals surface area contributed by atoms with E-state index in [4.69, 9.17) is 0 Å². The molecule has 2 fully saturated rings. The number of nitrogens with one attached hydrogen (secondary N) is 2. The molecular weight excluding hydrogens is 384 g/mol. The van der Waals surface area contributed by atoms with Crippen molar-refractivity contribution in [3.8, 4) is 0 Å². The lowest BCUT2D eigenvalue weighted by Crippen LogP contribution is -2.55. The summed E-state index contributed by atoms with van der Waals surface area (Å²) in [5.74, 6) is 0. The van der Waals surface area contributed by atoms with Crippen molar-refractivity contribution in [2.45, 2.75) is 44.3 Å². The fourth-order valence-electron chi connectivity index (χ4n) is 4.64. The fraction of sp³-hybridized carbons (Fsp3) is 0.455. The van der Waals surface area contributed by atoms with Crippen LogP contribution >= 0.6 is 0 Å². The minimum absolute atomic E-state index is 0.216. The average molecular weight is 415 g/mol. The van der Waals surface area contributed by atoms with Gasteiger partial charge in [-0.05, 0) is 43.9 Å². The molecule has 0 amide bonds. The summed E-state index contributed by atoms with van der Waals surface area (Å²) in [4.78, 5) is 2.82. The van der Waals surface area contributed by atoms with Crippen molar-refractivity contribution in [2.24, 2.45) is 0 Å². The molecule has 0 saturated carbocycles. The standard InChI is InChI=1S/C22H30N4O2S/c1-16-13-17(2)22(18(3)14-16)29(27,28)26-11-9-25(10-12-26)21-15-20(23-24-21)19-7-5-4-6-8-19/h4-8,13-14,20-21,23-24H,9-12,15H2,1-3H3. The highest BCUT2D eigenvalue weighted by Crippen LogP contribution is 2.28. The van der Waals surface area contributed by atoms with E-state index >= 15 is 0 Å². The number of benzene rings is 2. The topological polar surface area (TPSA) is 64.7 Å². The van der Waals surface area contributed by atoms with Gasteiger partial charge in [0.05, 0.1) is 11.1 Å². The molecule has 156 valence electrons. The van der Waals surface area contributed by atoms with Gasteiger partial charge in [0.1, 0.15) is 0 Å². The quantitative estimate of drug-likeness (QED) is 0.805. The summed E-state index contributed by atoms with van der Waals surface area (Å²) < 4.78 is 28.2. The molecule has 2 saturated heterocycles. The van der Waals surface area contributed by atoms with Crippen molar-refractivity contribution in [1.29, 1.82) is 0 Å². The number of piperazine rings is 1. The van der Waals surface area contributed by atoms with Crippen LogP contribution < -0.4 is 10.9 Å². The maximum Gasteiger partial charge on any atom is 0.243 e. The zero-order valence-corrected chi connectivity index (χ0v) is 18.2. The molecule has 2 atom stereocenters. The molecule has 4 rings (SSSR count). The van der Waals surface area contributed by atoms with Gasteiger partial charge in [-0.15, -0.1) is 0 Å². The molecule has 29 heavy (non-hydrogen) atoms. The lowest BCUT2D eigenvalue weighted by atomic mass is 10.0. The van der Waals surface area contributed by atoms with E-state index in [1.807, 2.05) is 39.0 Å². The SMILES string of the molecule is Cc1cc(C)c(S(=O)(=O)N2CCN(C3CC(c4ccccc4)NN3)CC2)c(C)c1. The van der Waals surface area contributed by atoms with Gasteiger partial charge in [-0.2, -0.15) is 4.31 Å². The van der Waals surface area contributed by atoms with Gasteiger partial charge >= 0.3 is 0 Å². The third-order valence-electron chi connectivity index (χ3n) is 6.00. The summed E-state index contributed by atoms with van der Waals surface area (Å²) in [6.45, 7) is 8.27. The molecule has 0 aromatic heterocycles. The molecule has 2 aliphatic rings. The first-order chi connectivity index (χ1) is 13.9. The zero-order valence-electron chi connectivity index (χ0n) is 17.4. The predicted octanol–water partition coefficient (Wildman–Crippen LogP) is 2.48. The normalized spacial score (nSPS) is 24.1. The fourth-order valence-corrected chi connectivity index (χ4v) is 6.48. The van der Waals surface area contributed by atoms with Crippen LogP contribution in [0.4, 0.5) is 0 Å². The van der Waals surface area contributed by atoms with Gasteiger partial charge in [-0.3, -0.25) is 4.90 Å². The molecule has 7 heteroatoms. The van der Waals surface area contributed by atoms with Gasteiger partial charge in [-0.1, -0.05) is 48.0 Å². The third-order valence-corrected chi connectivity index (χ3v) is 8.21. The maximum atomic E-state index is 13.3. The predicted molar refractivity (Wildman–Crippen MR) is 115 cm³/mol. The Hall–Kier alpha value is -1.77. The second kappa shape index (κ2) is 8.16. The summed E-state index contributed by atoms with van der Waals surface area (Å²) in [6, 6.07) is 14.6. The van der Waals surface area contributed by atoms with Gasteiger partial charge < -0.3 is 0 Å². The summed E-state index contributed by atoms with van der Waals surface area (Å²) in [7, 11) is -3.47. The smallest absolute Gasteiger partial charge is 0.243 e. The molecule has 2 aliphatic heterocycles. The second-order valence-electron chi connectivity index (χ2n) is 8.17. The largest absolute Gasteiger partial charge is 0.284 e. The molecule has 2 heterocycles. The number of hydrogen-bond donors (Lipinski definition) is 2. The summed E-state index contributed by atoms with van der Waals surface area (Å²) in [6.07, 6.45) is 1.18. The highest BCUT2D eigenvalue weighted by atomic mass is 32.2. The van der Waals surface area contributed by atoms with E-state index in [1.54, 1.807) is 4.31 Å². The van der Waals surface area contributed by atoms with Crippen LogP contribution in [-0.4, -0.2) is 50.0 Å². The molecule has 2 N–H and O–H groups in total.